The number of carbonyl (C=O) groups is 1. The normalized spacial score (nSPS) is 10.8. The van der Waals surface area contributed by atoms with Crippen molar-refractivity contribution in [2.24, 2.45) is 0 Å². The van der Waals surface area contributed by atoms with Crippen LogP contribution in [0.3, 0.4) is 0 Å². The molecule has 0 aliphatic carbocycles. The monoisotopic (exact) mass is 235 g/mol. The summed E-state index contributed by atoms with van der Waals surface area (Å²) in [6.07, 6.45) is 0. The van der Waals surface area contributed by atoms with Crippen molar-refractivity contribution in [3.05, 3.63) is 24.3 Å². The molecule has 84 valence electrons. The molecule has 1 aromatic heterocycles. The molecule has 0 spiro atoms. The second kappa shape index (κ2) is 4.57. The number of thioether (sulfide) groups is 1. The summed E-state index contributed by atoms with van der Waals surface area (Å²) >= 11 is 1.53. The molecule has 0 bridgehead atoms. The molecule has 0 fully saturated rings. The molecule has 2 aromatic rings. The molecule has 2 rings (SSSR count). The van der Waals surface area contributed by atoms with Crippen LogP contribution in [-0.4, -0.2) is 21.3 Å². The number of para-hydroxylation sites is 2. The SMILES string of the molecule is CCSc1nc2ccccc2n1CC(=O)[O-]. The van der Waals surface area contributed by atoms with Crippen molar-refractivity contribution in [1.82, 2.24) is 9.55 Å². The predicted molar refractivity (Wildman–Crippen MR) is 61.1 cm³/mol. The van der Waals surface area contributed by atoms with Gasteiger partial charge in [-0.05, 0) is 17.9 Å². The van der Waals surface area contributed by atoms with Gasteiger partial charge in [-0.15, -0.1) is 0 Å². The maximum Gasteiger partial charge on any atom is 0.169 e. The molecule has 0 atom stereocenters. The first-order valence-corrected chi connectivity index (χ1v) is 5.99. The minimum atomic E-state index is -1.10. The summed E-state index contributed by atoms with van der Waals surface area (Å²) in [4.78, 5) is 15.1. The molecule has 1 heterocycles. The van der Waals surface area contributed by atoms with Crippen LogP contribution in [0.5, 0.6) is 0 Å². The third kappa shape index (κ3) is 2.04. The van der Waals surface area contributed by atoms with Crippen LogP contribution in [0.2, 0.25) is 0 Å². The molecule has 0 aliphatic heterocycles. The number of fused-ring (bicyclic) bond motifs is 1. The van der Waals surface area contributed by atoms with Crippen LogP contribution in [0.25, 0.3) is 11.0 Å². The Kier molecular flexibility index (Phi) is 3.14. The molecule has 0 radical (unpaired) electrons. The molecule has 0 unspecified atom stereocenters. The molecular weight excluding hydrogens is 224 g/mol. The second-order valence-corrected chi connectivity index (χ2v) is 4.51. The minimum Gasteiger partial charge on any atom is -0.548 e. The zero-order valence-corrected chi connectivity index (χ0v) is 9.66. The van der Waals surface area contributed by atoms with Crippen LogP contribution < -0.4 is 5.11 Å². The zero-order valence-electron chi connectivity index (χ0n) is 8.84. The number of rotatable bonds is 4. The van der Waals surface area contributed by atoms with E-state index < -0.39 is 5.97 Å². The highest BCUT2D eigenvalue weighted by molar-refractivity contribution is 7.99. The quantitative estimate of drug-likeness (QED) is 0.739. The lowest BCUT2D eigenvalue weighted by molar-refractivity contribution is -0.306. The van der Waals surface area contributed by atoms with Crippen molar-refractivity contribution in [1.29, 1.82) is 0 Å². The van der Waals surface area contributed by atoms with Gasteiger partial charge in [0.2, 0.25) is 0 Å². The number of carboxylic acids is 1. The molecule has 1 aromatic carbocycles. The number of imidazole rings is 1. The number of hydrogen-bond donors (Lipinski definition) is 0. The Bertz CT molecular complexity index is 522. The van der Waals surface area contributed by atoms with Gasteiger partial charge in [0.25, 0.3) is 0 Å². The maximum atomic E-state index is 10.7. The number of nitrogens with zero attached hydrogens (tertiary/aromatic N) is 2. The number of hydrogen-bond acceptors (Lipinski definition) is 4. The Hall–Kier alpha value is -1.49. The van der Waals surface area contributed by atoms with Crippen molar-refractivity contribution in [2.75, 3.05) is 5.75 Å². The Morgan fingerprint density at radius 1 is 1.50 bits per heavy atom. The Balaban J connectivity index is 2.54. The average molecular weight is 235 g/mol. The molecule has 4 nitrogen and oxygen atoms in total. The number of carboxylic acid groups (broad SMARTS) is 1. The summed E-state index contributed by atoms with van der Waals surface area (Å²) in [7, 11) is 0. The van der Waals surface area contributed by atoms with Gasteiger partial charge in [-0.25, -0.2) is 4.98 Å². The highest BCUT2D eigenvalue weighted by atomic mass is 32.2. The zero-order chi connectivity index (χ0) is 11.5. The molecule has 0 saturated heterocycles. The van der Waals surface area contributed by atoms with Crippen molar-refractivity contribution < 1.29 is 9.90 Å². The van der Waals surface area contributed by atoms with Crippen molar-refractivity contribution in [3.63, 3.8) is 0 Å². The number of aliphatic carboxylic acids is 1. The van der Waals surface area contributed by atoms with E-state index in [-0.39, 0.29) is 6.54 Å². The first-order valence-electron chi connectivity index (χ1n) is 5.00. The summed E-state index contributed by atoms with van der Waals surface area (Å²) < 4.78 is 1.68. The molecule has 0 N–H and O–H groups in total. The van der Waals surface area contributed by atoms with Crippen molar-refractivity contribution in [3.8, 4) is 0 Å². The van der Waals surface area contributed by atoms with Gasteiger partial charge in [0.1, 0.15) is 0 Å². The topological polar surface area (TPSA) is 58.0 Å². The maximum absolute atomic E-state index is 10.7. The fraction of sp³-hybridized carbons (Fsp3) is 0.273. The standard InChI is InChI=1S/C11H12N2O2S/c1-2-16-11-12-8-5-3-4-6-9(8)13(11)7-10(14)15/h3-6H,2,7H2,1H3,(H,14,15)/p-1. The molecule has 0 aliphatic rings. The Labute approximate surface area is 97.3 Å². The van der Waals surface area contributed by atoms with E-state index in [1.54, 1.807) is 4.57 Å². The fourth-order valence-electron chi connectivity index (χ4n) is 1.57. The van der Waals surface area contributed by atoms with Crippen LogP contribution in [0.1, 0.15) is 6.92 Å². The van der Waals surface area contributed by atoms with Crippen molar-refractivity contribution in [2.45, 2.75) is 18.6 Å². The van der Waals surface area contributed by atoms with E-state index in [0.29, 0.717) is 0 Å². The van der Waals surface area contributed by atoms with E-state index in [2.05, 4.69) is 4.98 Å². The van der Waals surface area contributed by atoms with Gasteiger partial charge in [-0.1, -0.05) is 30.8 Å². The van der Waals surface area contributed by atoms with Crippen molar-refractivity contribution >= 4 is 28.8 Å². The molecule has 0 saturated carbocycles. The number of benzene rings is 1. The summed E-state index contributed by atoms with van der Waals surface area (Å²) in [6.45, 7) is 1.86. The lowest BCUT2D eigenvalue weighted by Crippen LogP contribution is -2.27. The largest absolute Gasteiger partial charge is 0.548 e. The van der Waals surface area contributed by atoms with Gasteiger partial charge in [-0.3, -0.25) is 0 Å². The van der Waals surface area contributed by atoms with Gasteiger partial charge in [-0.2, -0.15) is 0 Å². The lowest BCUT2D eigenvalue weighted by atomic mass is 10.3. The van der Waals surface area contributed by atoms with E-state index >= 15 is 0 Å². The fourth-order valence-corrected chi connectivity index (χ4v) is 2.31. The van der Waals surface area contributed by atoms with Gasteiger partial charge in [0.15, 0.2) is 5.16 Å². The van der Waals surface area contributed by atoms with Crippen LogP contribution >= 0.6 is 11.8 Å². The first-order chi connectivity index (χ1) is 7.72. The summed E-state index contributed by atoms with van der Waals surface area (Å²) in [5.41, 5.74) is 1.65. The lowest BCUT2D eigenvalue weighted by Gasteiger charge is -2.08. The van der Waals surface area contributed by atoms with Gasteiger partial charge in [0.05, 0.1) is 23.5 Å². The Morgan fingerprint density at radius 2 is 2.25 bits per heavy atom. The average Bonchev–Trinajstić information content (AvgIpc) is 2.57. The number of aromatic nitrogens is 2. The second-order valence-electron chi connectivity index (χ2n) is 3.27. The third-order valence-electron chi connectivity index (χ3n) is 2.18. The van der Waals surface area contributed by atoms with Crippen LogP contribution in [0.4, 0.5) is 0 Å². The Morgan fingerprint density at radius 3 is 2.94 bits per heavy atom. The minimum absolute atomic E-state index is 0.150. The first kappa shape index (κ1) is 11.0. The molecular formula is C11H11N2O2S-. The smallest absolute Gasteiger partial charge is 0.169 e. The van der Waals surface area contributed by atoms with E-state index in [1.807, 2.05) is 31.2 Å². The highest BCUT2D eigenvalue weighted by Crippen LogP contribution is 2.23. The van der Waals surface area contributed by atoms with Crippen LogP contribution in [-0.2, 0) is 11.3 Å². The van der Waals surface area contributed by atoms with E-state index in [4.69, 9.17) is 0 Å². The highest BCUT2D eigenvalue weighted by Gasteiger charge is 2.09. The third-order valence-corrected chi connectivity index (χ3v) is 3.04. The van der Waals surface area contributed by atoms with Gasteiger partial charge >= 0.3 is 0 Å². The van der Waals surface area contributed by atoms with E-state index in [1.165, 1.54) is 11.8 Å². The molecule has 16 heavy (non-hydrogen) atoms. The summed E-state index contributed by atoms with van der Waals surface area (Å²) in [6, 6.07) is 7.50. The summed E-state index contributed by atoms with van der Waals surface area (Å²) in [5.74, 6) is -0.239. The molecule has 0 amide bonds. The van der Waals surface area contributed by atoms with Crippen LogP contribution in [0.15, 0.2) is 29.4 Å². The van der Waals surface area contributed by atoms with Crippen LogP contribution in [0, 0.1) is 0 Å². The van der Waals surface area contributed by atoms with E-state index in [9.17, 15) is 9.90 Å². The summed E-state index contributed by atoms with van der Waals surface area (Å²) in [5, 5.41) is 11.4. The van der Waals surface area contributed by atoms with Gasteiger partial charge in [0, 0.05) is 0 Å². The van der Waals surface area contributed by atoms with Gasteiger partial charge < -0.3 is 14.5 Å². The van der Waals surface area contributed by atoms with E-state index in [0.717, 1.165) is 21.9 Å². The predicted octanol–water partition coefficient (Wildman–Crippen LogP) is 0.898. The number of carbonyl (C=O) groups excluding carboxylic acids is 1. The molecule has 5 heteroatoms.